The van der Waals surface area contributed by atoms with Crippen molar-refractivity contribution >= 4 is 11.6 Å². The molecule has 0 bridgehead atoms. The minimum atomic E-state index is -3.33. The second-order valence-electron chi connectivity index (χ2n) is 3.36. The summed E-state index contributed by atoms with van der Waals surface area (Å²) in [6.45, 7) is 0.386. The first-order valence-electron chi connectivity index (χ1n) is 4.43. The molecule has 1 aromatic carbocycles. The molecule has 3 N–H and O–H groups in total. The third-order valence-corrected chi connectivity index (χ3v) is 2.53. The predicted octanol–water partition coefficient (Wildman–Crippen LogP) is 2.44. The Hall–Kier alpha value is -0.710. The largest absolute Gasteiger partial charge is 0.390 e. The summed E-state index contributed by atoms with van der Waals surface area (Å²) in [7, 11) is 0. The van der Waals surface area contributed by atoms with Gasteiger partial charge < -0.3 is 10.8 Å². The van der Waals surface area contributed by atoms with Crippen molar-refractivity contribution in [3.8, 4) is 0 Å². The molecular formula is C10H12ClF2NO. The summed E-state index contributed by atoms with van der Waals surface area (Å²) in [6, 6.07) is 3.80. The Morgan fingerprint density at radius 3 is 2.60 bits per heavy atom. The standard InChI is InChI=1S/C10H12ClF2NO/c1-6(14)7-3-2-4-8(9(7)11)10(12,13)5-15/h2-4,6,15H,5,14H2,1H3. The average molecular weight is 236 g/mol. The quantitative estimate of drug-likeness (QED) is 0.845. The zero-order valence-corrected chi connectivity index (χ0v) is 8.93. The van der Waals surface area contributed by atoms with Crippen LogP contribution in [0, 0.1) is 0 Å². The molecule has 84 valence electrons. The second kappa shape index (κ2) is 4.43. The van der Waals surface area contributed by atoms with Crippen LogP contribution in [0.25, 0.3) is 0 Å². The van der Waals surface area contributed by atoms with E-state index in [4.69, 9.17) is 22.4 Å². The van der Waals surface area contributed by atoms with E-state index in [-0.39, 0.29) is 10.6 Å². The summed E-state index contributed by atoms with van der Waals surface area (Å²) in [5.41, 5.74) is 5.64. The zero-order valence-electron chi connectivity index (χ0n) is 8.17. The molecule has 0 aliphatic rings. The van der Waals surface area contributed by atoms with E-state index in [0.717, 1.165) is 0 Å². The van der Waals surface area contributed by atoms with Crippen LogP contribution < -0.4 is 5.73 Å². The predicted molar refractivity (Wildman–Crippen MR) is 55.0 cm³/mol. The molecule has 0 aliphatic heterocycles. The molecule has 0 aromatic heterocycles. The minimum absolute atomic E-state index is 0.0773. The fourth-order valence-electron chi connectivity index (χ4n) is 1.27. The molecule has 2 nitrogen and oxygen atoms in total. The normalized spacial score (nSPS) is 14.0. The first-order chi connectivity index (χ1) is 6.90. The summed E-state index contributed by atoms with van der Waals surface area (Å²) >= 11 is 5.80. The highest BCUT2D eigenvalue weighted by atomic mass is 35.5. The molecule has 1 unspecified atom stereocenters. The SMILES string of the molecule is CC(N)c1cccc(C(F)(F)CO)c1Cl. The lowest BCUT2D eigenvalue weighted by Crippen LogP contribution is -2.20. The molecule has 0 spiro atoms. The number of halogens is 3. The lowest BCUT2D eigenvalue weighted by molar-refractivity contribution is -0.0555. The van der Waals surface area contributed by atoms with Crippen molar-refractivity contribution in [2.75, 3.05) is 6.61 Å². The third-order valence-electron chi connectivity index (χ3n) is 2.11. The van der Waals surface area contributed by atoms with E-state index < -0.39 is 18.6 Å². The van der Waals surface area contributed by atoms with Crippen LogP contribution in [0.3, 0.4) is 0 Å². The molecule has 1 rings (SSSR count). The molecule has 0 saturated heterocycles. The van der Waals surface area contributed by atoms with Gasteiger partial charge in [0.05, 0.1) is 5.02 Å². The van der Waals surface area contributed by atoms with E-state index >= 15 is 0 Å². The van der Waals surface area contributed by atoms with E-state index in [2.05, 4.69) is 0 Å². The van der Waals surface area contributed by atoms with Crippen LogP contribution in [0.4, 0.5) is 8.78 Å². The van der Waals surface area contributed by atoms with Crippen LogP contribution in [0.2, 0.25) is 5.02 Å². The lowest BCUT2D eigenvalue weighted by atomic mass is 10.0. The highest BCUT2D eigenvalue weighted by Crippen LogP contribution is 2.36. The third kappa shape index (κ3) is 2.45. The van der Waals surface area contributed by atoms with E-state index in [1.165, 1.54) is 12.1 Å². The molecule has 1 aromatic rings. The van der Waals surface area contributed by atoms with Gasteiger partial charge in [-0.25, -0.2) is 0 Å². The van der Waals surface area contributed by atoms with Crippen molar-refractivity contribution in [3.05, 3.63) is 34.3 Å². The van der Waals surface area contributed by atoms with Gasteiger partial charge in [0.25, 0.3) is 5.92 Å². The van der Waals surface area contributed by atoms with Crippen LogP contribution in [0.1, 0.15) is 24.1 Å². The van der Waals surface area contributed by atoms with Crippen molar-refractivity contribution in [1.29, 1.82) is 0 Å². The number of hydrogen-bond acceptors (Lipinski definition) is 2. The van der Waals surface area contributed by atoms with Gasteiger partial charge in [-0.3, -0.25) is 0 Å². The van der Waals surface area contributed by atoms with Gasteiger partial charge in [0.1, 0.15) is 6.61 Å². The van der Waals surface area contributed by atoms with Gasteiger partial charge in [-0.2, -0.15) is 8.78 Å². The van der Waals surface area contributed by atoms with Crippen LogP contribution in [0.15, 0.2) is 18.2 Å². The number of aliphatic hydroxyl groups excluding tert-OH is 1. The van der Waals surface area contributed by atoms with Crippen molar-refractivity contribution in [1.82, 2.24) is 0 Å². The maximum atomic E-state index is 13.2. The number of alkyl halides is 2. The summed E-state index contributed by atoms with van der Waals surface area (Å²) in [5.74, 6) is -3.33. The van der Waals surface area contributed by atoms with Crippen LogP contribution in [-0.4, -0.2) is 11.7 Å². The van der Waals surface area contributed by atoms with Crippen molar-refractivity contribution in [3.63, 3.8) is 0 Å². The number of benzene rings is 1. The summed E-state index contributed by atoms with van der Waals surface area (Å²) in [5, 5.41) is 8.48. The molecule has 0 saturated carbocycles. The topological polar surface area (TPSA) is 46.2 Å². The van der Waals surface area contributed by atoms with Crippen LogP contribution in [-0.2, 0) is 5.92 Å². The summed E-state index contributed by atoms with van der Waals surface area (Å²) < 4.78 is 26.4. The monoisotopic (exact) mass is 235 g/mol. The van der Waals surface area contributed by atoms with Crippen molar-refractivity contribution < 1.29 is 13.9 Å². The Bertz CT molecular complexity index is 355. The Morgan fingerprint density at radius 1 is 1.53 bits per heavy atom. The van der Waals surface area contributed by atoms with Gasteiger partial charge in [-0.05, 0) is 12.5 Å². The fourth-order valence-corrected chi connectivity index (χ4v) is 1.71. The Morgan fingerprint density at radius 2 is 2.13 bits per heavy atom. The molecule has 0 amide bonds. The van der Waals surface area contributed by atoms with Crippen LogP contribution >= 0.6 is 11.6 Å². The maximum Gasteiger partial charge on any atom is 0.297 e. The van der Waals surface area contributed by atoms with E-state index in [0.29, 0.717) is 5.56 Å². The van der Waals surface area contributed by atoms with E-state index in [1.54, 1.807) is 13.0 Å². The molecule has 15 heavy (non-hydrogen) atoms. The smallest absolute Gasteiger partial charge is 0.297 e. The van der Waals surface area contributed by atoms with Gasteiger partial charge in [0, 0.05) is 11.6 Å². The molecule has 5 heteroatoms. The highest BCUT2D eigenvalue weighted by Gasteiger charge is 2.33. The van der Waals surface area contributed by atoms with E-state index in [1.807, 2.05) is 0 Å². The lowest BCUT2D eigenvalue weighted by Gasteiger charge is -2.18. The number of hydrogen-bond donors (Lipinski definition) is 2. The number of rotatable bonds is 3. The first-order valence-corrected chi connectivity index (χ1v) is 4.81. The molecule has 0 aliphatic carbocycles. The number of aliphatic hydroxyl groups is 1. The molecule has 0 fully saturated rings. The van der Waals surface area contributed by atoms with Gasteiger partial charge in [0.15, 0.2) is 0 Å². The second-order valence-corrected chi connectivity index (χ2v) is 3.74. The zero-order chi connectivity index (χ0) is 11.6. The average Bonchev–Trinajstić information content (AvgIpc) is 2.17. The summed E-state index contributed by atoms with van der Waals surface area (Å²) in [6.07, 6.45) is 0. The first kappa shape index (κ1) is 12.4. The minimum Gasteiger partial charge on any atom is -0.390 e. The number of nitrogens with two attached hydrogens (primary N) is 1. The fraction of sp³-hybridized carbons (Fsp3) is 0.400. The maximum absolute atomic E-state index is 13.2. The van der Waals surface area contributed by atoms with Gasteiger partial charge >= 0.3 is 0 Å². The Labute approximate surface area is 91.7 Å². The Balaban J connectivity index is 3.27. The molecule has 0 heterocycles. The van der Waals surface area contributed by atoms with Gasteiger partial charge in [-0.1, -0.05) is 29.8 Å². The molecular weight excluding hydrogens is 224 g/mol. The van der Waals surface area contributed by atoms with Crippen molar-refractivity contribution in [2.45, 2.75) is 18.9 Å². The van der Waals surface area contributed by atoms with Crippen molar-refractivity contribution in [2.24, 2.45) is 5.73 Å². The van der Waals surface area contributed by atoms with E-state index in [9.17, 15) is 8.78 Å². The molecule has 1 atom stereocenters. The van der Waals surface area contributed by atoms with Gasteiger partial charge in [-0.15, -0.1) is 0 Å². The van der Waals surface area contributed by atoms with Crippen LogP contribution in [0.5, 0.6) is 0 Å². The highest BCUT2D eigenvalue weighted by molar-refractivity contribution is 6.32. The van der Waals surface area contributed by atoms with Gasteiger partial charge in [0.2, 0.25) is 0 Å². The Kier molecular flexibility index (Phi) is 3.65. The molecule has 0 radical (unpaired) electrons. The summed E-state index contributed by atoms with van der Waals surface area (Å²) in [4.78, 5) is 0.